The van der Waals surface area contributed by atoms with Crippen LogP contribution in [0.4, 0.5) is 13.2 Å². The minimum absolute atomic E-state index is 0.350. The van der Waals surface area contributed by atoms with E-state index < -0.39 is 30.1 Å². The molecule has 0 unspecified atom stereocenters. The summed E-state index contributed by atoms with van der Waals surface area (Å²) in [6.07, 6.45) is -1.50. The molecule has 1 saturated heterocycles. The molecule has 2 aromatic rings. The molecule has 132 valence electrons. The Morgan fingerprint density at radius 3 is 2.12 bits per heavy atom. The van der Waals surface area contributed by atoms with Gasteiger partial charge in [-0.25, -0.2) is 0 Å². The van der Waals surface area contributed by atoms with Crippen LogP contribution in [-0.2, 0) is 15.5 Å². The van der Waals surface area contributed by atoms with Crippen LogP contribution in [0.5, 0.6) is 0 Å². The summed E-state index contributed by atoms with van der Waals surface area (Å²) in [6.45, 7) is 7.71. The molecular formula is C17H18BF3N2O2. The van der Waals surface area contributed by atoms with Crippen LogP contribution in [0.25, 0.3) is 11.3 Å². The maximum atomic E-state index is 12.8. The van der Waals surface area contributed by atoms with E-state index in [-0.39, 0.29) is 0 Å². The highest BCUT2D eigenvalue weighted by Gasteiger charge is 2.52. The predicted molar refractivity (Wildman–Crippen MR) is 88.2 cm³/mol. The second-order valence-corrected chi connectivity index (χ2v) is 6.99. The minimum Gasteiger partial charge on any atom is -0.398 e. The van der Waals surface area contributed by atoms with Crippen LogP contribution in [-0.4, -0.2) is 28.3 Å². The first-order chi connectivity index (χ1) is 11.5. The molecule has 25 heavy (non-hydrogen) atoms. The first-order valence-electron chi connectivity index (χ1n) is 7.85. The smallest absolute Gasteiger partial charge is 0.398 e. The predicted octanol–water partition coefficient (Wildman–Crippen LogP) is 3.46. The van der Waals surface area contributed by atoms with E-state index in [1.165, 1.54) is 18.5 Å². The molecule has 8 heteroatoms. The number of hydrogen-bond acceptors (Lipinski definition) is 4. The van der Waals surface area contributed by atoms with Crippen LogP contribution in [0.15, 0.2) is 36.7 Å². The zero-order valence-corrected chi connectivity index (χ0v) is 14.4. The van der Waals surface area contributed by atoms with Crippen molar-refractivity contribution in [2.45, 2.75) is 45.1 Å². The Balaban J connectivity index is 1.85. The largest absolute Gasteiger partial charge is 0.516 e. The van der Waals surface area contributed by atoms with Gasteiger partial charge in [-0.2, -0.15) is 13.2 Å². The third kappa shape index (κ3) is 3.41. The molecule has 1 fully saturated rings. The maximum absolute atomic E-state index is 12.8. The van der Waals surface area contributed by atoms with Crippen LogP contribution in [0, 0.1) is 0 Å². The molecule has 0 atom stereocenters. The van der Waals surface area contributed by atoms with Crippen molar-refractivity contribution in [1.82, 2.24) is 9.97 Å². The highest BCUT2D eigenvalue weighted by molar-refractivity contribution is 6.61. The molecule has 0 N–H and O–H groups in total. The first kappa shape index (κ1) is 17.9. The molecule has 0 spiro atoms. The van der Waals surface area contributed by atoms with Gasteiger partial charge in [-0.3, -0.25) is 9.97 Å². The lowest BCUT2D eigenvalue weighted by atomic mass is 9.85. The Kier molecular flexibility index (Phi) is 4.16. The third-order valence-electron chi connectivity index (χ3n) is 4.65. The molecule has 1 aromatic carbocycles. The molecule has 1 aliphatic rings. The van der Waals surface area contributed by atoms with Gasteiger partial charge in [-0.05, 0) is 39.8 Å². The maximum Gasteiger partial charge on any atom is 0.516 e. The van der Waals surface area contributed by atoms with Crippen molar-refractivity contribution in [2.24, 2.45) is 0 Å². The van der Waals surface area contributed by atoms with E-state index in [4.69, 9.17) is 9.31 Å². The Morgan fingerprint density at radius 2 is 1.60 bits per heavy atom. The number of hydrogen-bond donors (Lipinski definition) is 0. The second kappa shape index (κ2) is 5.81. The molecule has 0 bridgehead atoms. The number of benzene rings is 1. The number of rotatable bonds is 2. The van der Waals surface area contributed by atoms with Crippen molar-refractivity contribution in [1.29, 1.82) is 0 Å². The molecule has 4 nitrogen and oxygen atoms in total. The van der Waals surface area contributed by atoms with E-state index in [1.807, 2.05) is 27.7 Å². The highest BCUT2D eigenvalue weighted by atomic mass is 19.4. The zero-order valence-electron chi connectivity index (χ0n) is 14.4. The fourth-order valence-electron chi connectivity index (χ4n) is 2.43. The fraction of sp³-hybridized carbons (Fsp3) is 0.412. The number of aromatic nitrogens is 2. The molecule has 0 saturated carbocycles. The molecular weight excluding hydrogens is 332 g/mol. The van der Waals surface area contributed by atoms with Gasteiger partial charge in [0.1, 0.15) is 0 Å². The number of halogens is 3. The van der Waals surface area contributed by atoms with Crippen LogP contribution in [0.1, 0.15) is 33.3 Å². The lowest BCUT2D eigenvalue weighted by Crippen LogP contribution is -2.41. The van der Waals surface area contributed by atoms with E-state index in [2.05, 4.69) is 9.97 Å². The van der Waals surface area contributed by atoms with Crippen molar-refractivity contribution >= 4 is 12.7 Å². The van der Waals surface area contributed by atoms with Gasteiger partial charge in [0, 0.05) is 11.8 Å². The zero-order chi connectivity index (χ0) is 18.5. The SMILES string of the molecule is CC1(C)OB(c2cnc(-c3cccc(C(F)(F)F)c3)cn2)OC1(C)C. The van der Waals surface area contributed by atoms with E-state index in [9.17, 15) is 13.2 Å². The lowest BCUT2D eigenvalue weighted by molar-refractivity contribution is -0.137. The summed E-state index contributed by atoms with van der Waals surface area (Å²) in [7, 11) is -0.659. The fourth-order valence-corrected chi connectivity index (χ4v) is 2.43. The summed E-state index contributed by atoms with van der Waals surface area (Å²) in [4.78, 5) is 8.49. The molecule has 0 radical (unpaired) electrons. The van der Waals surface area contributed by atoms with Crippen LogP contribution in [0.2, 0.25) is 0 Å². The van der Waals surface area contributed by atoms with Gasteiger partial charge in [0.15, 0.2) is 0 Å². The average Bonchev–Trinajstić information content (AvgIpc) is 2.75. The summed E-state index contributed by atoms with van der Waals surface area (Å²) in [6, 6.07) is 4.99. The summed E-state index contributed by atoms with van der Waals surface area (Å²) in [5.41, 5.74) is -0.539. The molecule has 1 aromatic heterocycles. The Morgan fingerprint density at radius 1 is 0.960 bits per heavy atom. The van der Waals surface area contributed by atoms with Crippen LogP contribution in [0.3, 0.4) is 0 Å². The summed E-state index contributed by atoms with van der Waals surface area (Å²) < 4.78 is 50.3. The Bertz CT molecular complexity index is 760. The summed E-state index contributed by atoms with van der Waals surface area (Å²) in [5, 5.41) is 0. The molecule has 0 amide bonds. The van der Waals surface area contributed by atoms with Crippen LogP contribution < -0.4 is 5.59 Å². The Hall–Kier alpha value is -1.93. The van der Waals surface area contributed by atoms with Gasteiger partial charge in [-0.15, -0.1) is 0 Å². The number of alkyl halides is 3. The van der Waals surface area contributed by atoms with Crippen LogP contribution >= 0.6 is 0 Å². The molecule has 1 aliphatic heterocycles. The minimum atomic E-state index is -4.40. The van der Waals surface area contributed by atoms with E-state index in [1.54, 1.807) is 6.07 Å². The Labute approximate surface area is 144 Å². The summed E-state index contributed by atoms with van der Waals surface area (Å²) >= 11 is 0. The summed E-state index contributed by atoms with van der Waals surface area (Å²) in [5.74, 6) is 0. The normalized spacial score (nSPS) is 19.2. The van der Waals surface area contributed by atoms with Gasteiger partial charge >= 0.3 is 13.3 Å². The van der Waals surface area contributed by atoms with Gasteiger partial charge in [-0.1, -0.05) is 12.1 Å². The molecule has 3 rings (SSSR count). The highest BCUT2D eigenvalue weighted by Crippen LogP contribution is 2.36. The van der Waals surface area contributed by atoms with Gasteiger partial charge < -0.3 is 9.31 Å². The van der Waals surface area contributed by atoms with Gasteiger partial charge in [0.2, 0.25) is 0 Å². The van der Waals surface area contributed by atoms with E-state index >= 15 is 0 Å². The van der Waals surface area contributed by atoms with Crippen molar-refractivity contribution < 1.29 is 22.5 Å². The van der Waals surface area contributed by atoms with Crippen molar-refractivity contribution in [3.8, 4) is 11.3 Å². The first-order valence-corrected chi connectivity index (χ1v) is 7.85. The van der Waals surface area contributed by atoms with E-state index in [0.717, 1.165) is 12.1 Å². The number of nitrogens with zero attached hydrogens (tertiary/aromatic N) is 2. The van der Waals surface area contributed by atoms with Crippen molar-refractivity contribution in [3.63, 3.8) is 0 Å². The quantitative estimate of drug-likeness (QED) is 0.778. The second-order valence-electron chi connectivity index (χ2n) is 6.99. The monoisotopic (exact) mass is 350 g/mol. The van der Waals surface area contributed by atoms with Gasteiger partial charge in [0.25, 0.3) is 0 Å². The average molecular weight is 350 g/mol. The third-order valence-corrected chi connectivity index (χ3v) is 4.65. The van der Waals surface area contributed by atoms with Crippen molar-refractivity contribution in [3.05, 3.63) is 42.2 Å². The topological polar surface area (TPSA) is 44.2 Å². The molecule has 0 aliphatic carbocycles. The molecule has 2 heterocycles. The van der Waals surface area contributed by atoms with Gasteiger partial charge in [0.05, 0.1) is 34.2 Å². The van der Waals surface area contributed by atoms with E-state index in [0.29, 0.717) is 16.9 Å². The van der Waals surface area contributed by atoms with Crippen molar-refractivity contribution in [2.75, 3.05) is 0 Å². The lowest BCUT2D eigenvalue weighted by Gasteiger charge is -2.32. The standard InChI is InChI=1S/C17H18BF3N2O2/c1-15(2)16(3,4)25-18(24-15)14-10-22-13(9-23-14)11-6-5-7-12(8-11)17(19,20)21/h5-10H,1-4H3.